The Hall–Kier alpha value is -2.43. The molecule has 1 saturated carbocycles. The van der Waals surface area contributed by atoms with E-state index in [1.54, 1.807) is 0 Å². The summed E-state index contributed by atoms with van der Waals surface area (Å²) >= 11 is 0. The fourth-order valence-corrected chi connectivity index (χ4v) is 4.49. The van der Waals surface area contributed by atoms with Crippen LogP contribution in [0.2, 0.25) is 0 Å². The lowest BCUT2D eigenvalue weighted by molar-refractivity contribution is -0.125. The Labute approximate surface area is 166 Å². The number of benzene rings is 1. The van der Waals surface area contributed by atoms with Crippen molar-refractivity contribution in [3.05, 3.63) is 41.6 Å². The monoisotopic (exact) mass is 376 g/mol. The number of rotatable bonds is 5. The maximum Gasteiger partial charge on any atom is 0.224 e. The quantitative estimate of drug-likeness (QED) is 0.869. The molecule has 2 fully saturated rings. The minimum absolute atomic E-state index is 0.0692. The average molecular weight is 377 g/mol. The van der Waals surface area contributed by atoms with Gasteiger partial charge in [0.15, 0.2) is 5.82 Å². The predicted molar refractivity (Wildman–Crippen MR) is 110 cm³/mol. The number of amides is 1. The topological polar surface area (TPSA) is 58.1 Å². The summed E-state index contributed by atoms with van der Waals surface area (Å²) in [6.45, 7) is 2.61. The number of aromatic nitrogens is 2. The van der Waals surface area contributed by atoms with E-state index >= 15 is 0 Å². The molecule has 2 aliphatic carbocycles. The Morgan fingerprint density at radius 1 is 1.07 bits per heavy atom. The molecule has 0 radical (unpaired) electrons. The van der Waals surface area contributed by atoms with Gasteiger partial charge in [-0.25, -0.2) is 9.97 Å². The van der Waals surface area contributed by atoms with Crippen molar-refractivity contribution in [2.24, 2.45) is 11.8 Å². The van der Waals surface area contributed by atoms with E-state index < -0.39 is 0 Å². The highest BCUT2D eigenvalue weighted by atomic mass is 16.1. The molecule has 0 unspecified atom stereocenters. The summed E-state index contributed by atoms with van der Waals surface area (Å²) in [5, 5.41) is 3.18. The van der Waals surface area contributed by atoms with Gasteiger partial charge in [-0.2, -0.15) is 0 Å². The molecule has 1 aromatic carbocycles. The van der Waals surface area contributed by atoms with Crippen LogP contribution >= 0.6 is 0 Å². The first-order valence-corrected chi connectivity index (χ1v) is 10.8. The summed E-state index contributed by atoms with van der Waals surface area (Å²) in [5.74, 6) is 2.91. The van der Waals surface area contributed by atoms with Crippen LogP contribution < -0.4 is 10.2 Å². The molecule has 5 nitrogen and oxygen atoms in total. The number of nitrogens with one attached hydrogen (secondary N) is 1. The number of hydrogen-bond donors (Lipinski definition) is 1. The molecule has 0 spiro atoms. The van der Waals surface area contributed by atoms with Crippen molar-refractivity contribution in [2.45, 2.75) is 44.9 Å². The second kappa shape index (κ2) is 7.53. The van der Waals surface area contributed by atoms with Crippen LogP contribution in [-0.2, 0) is 17.6 Å². The van der Waals surface area contributed by atoms with Crippen molar-refractivity contribution in [1.29, 1.82) is 0 Å². The summed E-state index contributed by atoms with van der Waals surface area (Å²) in [5.41, 5.74) is 3.57. The Balaban J connectivity index is 1.40. The number of fused-ring (bicyclic) bond motifs is 1. The van der Waals surface area contributed by atoms with E-state index in [0.717, 1.165) is 74.9 Å². The van der Waals surface area contributed by atoms with E-state index in [1.807, 2.05) is 18.2 Å². The molecule has 0 bridgehead atoms. The van der Waals surface area contributed by atoms with Gasteiger partial charge in [0.05, 0.1) is 5.92 Å². The van der Waals surface area contributed by atoms with Gasteiger partial charge in [-0.15, -0.1) is 0 Å². The molecule has 1 aliphatic heterocycles. The second-order valence-electron chi connectivity index (χ2n) is 8.49. The molecule has 5 heteroatoms. The SMILES string of the molecule is O=C(NCC1CC1)[C@@H]1CCCN(c2nc(-c3ccccc3)nc3c2CCC3)C1. The maximum absolute atomic E-state index is 12.7. The lowest BCUT2D eigenvalue weighted by Crippen LogP contribution is -2.44. The van der Waals surface area contributed by atoms with Crippen LogP contribution in [0.3, 0.4) is 0 Å². The number of anilines is 1. The molecule has 28 heavy (non-hydrogen) atoms. The molecule has 1 N–H and O–H groups in total. The molecule has 146 valence electrons. The van der Waals surface area contributed by atoms with E-state index in [2.05, 4.69) is 22.3 Å². The molecule has 3 aliphatic rings. The normalized spacial score (nSPS) is 21.4. The number of aryl methyl sites for hydroxylation is 1. The zero-order chi connectivity index (χ0) is 18.9. The largest absolute Gasteiger partial charge is 0.356 e. The molecule has 1 atom stereocenters. The van der Waals surface area contributed by atoms with Crippen LogP contribution in [0.1, 0.15) is 43.4 Å². The standard InChI is InChI=1S/C23H28N4O/c28-23(24-14-16-11-12-16)18-8-5-13-27(15-18)22-19-9-4-10-20(19)25-21(26-22)17-6-2-1-3-7-17/h1-3,6-7,16,18H,4-5,8-15H2,(H,24,28)/t18-/m1/s1. The summed E-state index contributed by atoms with van der Waals surface area (Å²) < 4.78 is 0. The minimum atomic E-state index is 0.0692. The zero-order valence-electron chi connectivity index (χ0n) is 16.4. The first-order chi connectivity index (χ1) is 13.8. The molecule has 2 heterocycles. The highest BCUT2D eigenvalue weighted by molar-refractivity contribution is 5.79. The van der Waals surface area contributed by atoms with E-state index in [4.69, 9.17) is 9.97 Å². The lowest BCUT2D eigenvalue weighted by atomic mass is 9.96. The second-order valence-corrected chi connectivity index (χ2v) is 8.49. The fraction of sp³-hybridized carbons (Fsp3) is 0.522. The minimum Gasteiger partial charge on any atom is -0.356 e. The zero-order valence-corrected chi connectivity index (χ0v) is 16.4. The highest BCUT2D eigenvalue weighted by Crippen LogP contribution is 2.34. The van der Waals surface area contributed by atoms with Gasteiger partial charge in [0.1, 0.15) is 5.82 Å². The van der Waals surface area contributed by atoms with Crippen LogP contribution in [0.25, 0.3) is 11.4 Å². The number of nitrogens with zero attached hydrogens (tertiary/aromatic N) is 3. The van der Waals surface area contributed by atoms with Gasteiger partial charge in [-0.1, -0.05) is 30.3 Å². The number of carbonyl (C=O) groups is 1. The van der Waals surface area contributed by atoms with Gasteiger partial charge in [0, 0.05) is 36.5 Å². The first kappa shape index (κ1) is 17.7. The van der Waals surface area contributed by atoms with E-state index in [9.17, 15) is 4.79 Å². The van der Waals surface area contributed by atoms with Gasteiger partial charge in [-0.3, -0.25) is 4.79 Å². The van der Waals surface area contributed by atoms with Gasteiger partial charge in [0.2, 0.25) is 5.91 Å². The van der Waals surface area contributed by atoms with Crippen molar-refractivity contribution >= 4 is 11.7 Å². The van der Waals surface area contributed by atoms with Gasteiger partial charge < -0.3 is 10.2 Å². The third-order valence-electron chi connectivity index (χ3n) is 6.30. The van der Waals surface area contributed by atoms with E-state index in [0.29, 0.717) is 0 Å². The smallest absolute Gasteiger partial charge is 0.224 e. The van der Waals surface area contributed by atoms with Crippen LogP contribution in [0.5, 0.6) is 0 Å². The van der Waals surface area contributed by atoms with Crippen molar-refractivity contribution in [3.63, 3.8) is 0 Å². The van der Waals surface area contributed by atoms with E-state index in [-0.39, 0.29) is 11.8 Å². The Morgan fingerprint density at radius 3 is 2.75 bits per heavy atom. The van der Waals surface area contributed by atoms with Gasteiger partial charge in [-0.05, 0) is 50.9 Å². The van der Waals surface area contributed by atoms with Crippen LogP contribution in [-0.4, -0.2) is 35.5 Å². The van der Waals surface area contributed by atoms with Crippen molar-refractivity contribution in [1.82, 2.24) is 15.3 Å². The Morgan fingerprint density at radius 2 is 1.93 bits per heavy atom. The molecular weight excluding hydrogens is 348 g/mol. The highest BCUT2D eigenvalue weighted by Gasteiger charge is 2.31. The molecule has 1 saturated heterocycles. The number of carbonyl (C=O) groups excluding carboxylic acids is 1. The first-order valence-electron chi connectivity index (χ1n) is 10.8. The average Bonchev–Trinajstić information content (AvgIpc) is 3.46. The molecule has 5 rings (SSSR count). The summed E-state index contributed by atoms with van der Waals surface area (Å²) in [6.07, 6.45) is 7.79. The summed E-state index contributed by atoms with van der Waals surface area (Å²) in [7, 11) is 0. The van der Waals surface area contributed by atoms with Crippen molar-refractivity contribution in [3.8, 4) is 11.4 Å². The summed E-state index contributed by atoms with van der Waals surface area (Å²) in [4.78, 5) is 24.9. The number of piperidine rings is 1. The summed E-state index contributed by atoms with van der Waals surface area (Å²) in [6, 6.07) is 10.2. The molecule has 2 aromatic rings. The third-order valence-corrected chi connectivity index (χ3v) is 6.30. The van der Waals surface area contributed by atoms with Gasteiger partial charge >= 0.3 is 0 Å². The Bertz CT molecular complexity index is 862. The van der Waals surface area contributed by atoms with Gasteiger partial charge in [0.25, 0.3) is 0 Å². The van der Waals surface area contributed by atoms with Crippen molar-refractivity contribution in [2.75, 3.05) is 24.5 Å². The van der Waals surface area contributed by atoms with Crippen molar-refractivity contribution < 1.29 is 4.79 Å². The van der Waals surface area contributed by atoms with Crippen LogP contribution in [0.4, 0.5) is 5.82 Å². The predicted octanol–water partition coefficient (Wildman–Crippen LogP) is 3.37. The fourth-order valence-electron chi connectivity index (χ4n) is 4.49. The van der Waals surface area contributed by atoms with Crippen LogP contribution in [0.15, 0.2) is 30.3 Å². The maximum atomic E-state index is 12.7. The lowest BCUT2D eigenvalue weighted by Gasteiger charge is -2.34. The number of hydrogen-bond acceptors (Lipinski definition) is 4. The molecule has 1 aromatic heterocycles. The Kier molecular flexibility index (Phi) is 4.75. The molecule has 1 amide bonds. The molecular formula is C23H28N4O. The third kappa shape index (κ3) is 3.62. The van der Waals surface area contributed by atoms with Crippen LogP contribution in [0, 0.1) is 11.8 Å². The van der Waals surface area contributed by atoms with E-state index in [1.165, 1.54) is 24.1 Å².